The van der Waals surface area contributed by atoms with Crippen molar-refractivity contribution in [3.8, 4) is 0 Å². The molecule has 1 saturated carbocycles. The van der Waals surface area contributed by atoms with Crippen molar-refractivity contribution in [3.63, 3.8) is 0 Å². The highest BCUT2D eigenvalue weighted by Gasteiger charge is 2.34. The van der Waals surface area contributed by atoms with E-state index in [0.29, 0.717) is 0 Å². The Morgan fingerprint density at radius 2 is 1.95 bits per heavy atom. The molecule has 2 rings (SSSR count). The molecule has 5 nitrogen and oxygen atoms in total. The van der Waals surface area contributed by atoms with E-state index in [1.54, 1.807) is 0 Å². The molecule has 0 radical (unpaired) electrons. The van der Waals surface area contributed by atoms with Crippen molar-refractivity contribution in [2.45, 2.75) is 76.7 Å². The maximum atomic E-state index is 11.8. The summed E-state index contributed by atoms with van der Waals surface area (Å²) in [6.45, 7) is 7.37. The van der Waals surface area contributed by atoms with Crippen LogP contribution in [0.5, 0.6) is 0 Å². The summed E-state index contributed by atoms with van der Waals surface area (Å²) in [5.74, 6) is 0. The van der Waals surface area contributed by atoms with E-state index < -0.39 is 5.60 Å². The first-order chi connectivity index (χ1) is 9.35. The number of alkyl carbamates (subject to hydrolysis) is 1. The Balaban J connectivity index is 1.79. The third kappa shape index (κ3) is 4.35. The summed E-state index contributed by atoms with van der Waals surface area (Å²) in [7, 11) is 0. The second-order valence-corrected chi connectivity index (χ2v) is 7.05. The van der Waals surface area contributed by atoms with E-state index in [1.807, 2.05) is 20.8 Å². The van der Waals surface area contributed by atoms with Crippen LogP contribution in [0.15, 0.2) is 0 Å². The monoisotopic (exact) mass is 284 g/mol. The number of aliphatic hydroxyl groups excluding tert-OH is 1. The Morgan fingerprint density at radius 1 is 1.25 bits per heavy atom. The first-order valence-corrected chi connectivity index (χ1v) is 7.77. The molecule has 2 aliphatic rings. The first kappa shape index (κ1) is 15.6. The number of ether oxygens (including phenoxy) is 1. The van der Waals surface area contributed by atoms with E-state index in [1.165, 1.54) is 6.42 Å². The lowest BCUT2D eigenvalue weighted by Gasteiger charge is -2.35. The van der Waals surface area contributed by atoms with Gasteiger partial charge >= 0.3 is 6.09 Å². The summed E-state index contributed by atoms with van der Waals surface area (Å²) in [5, 5.41) is 13.0. The van der Waals surface area contributed by atoms with Gasteiger partial charge in [-0.25, -0.2) is 4.79 Å². The highest BCUT2D eigenvalue weighted by atomic mass is 16.6. The number of carbonyl (C=O) groups excluding carboxylic acids is 1. The number of aliphatic hydroxyl groups is 1. The molecule has 2 N–H and O–H groups in total. The zero-order chi connectivity index (χ0) is 14.8. The van der Waals surface area contributed by atoms with Crippen molar-refractivity contribution in [1.82, 2.24) is 10.2 Å². The average molecular weight is 284 g/mol. The summed E-state index contributed by atoms with van der Waals surface area (Å²) in [5.41, 5.74) is -0.456. The fourth-order valence-electron chi connectivity index (χ4n) is 3.20. The first-order valence-electron chi connectivity index (χ1n) is 7.77. The van der Waals surface area contributed by atoms with Crippen molar-refractivity contribution >= 4 is 6.09 Å². The van der Waals surface area contributed by atoms with E-state index in [-0.39, 0.29) is 24.3 Å². The highest BCUT2D eigenvalue weighted by molar-refractivity contribution is 5.68. The number of rotatable bonds is 2. The fraction of sp³-hybridized carbons (Fsp3) is 0.933. The van der Waals surface area contributed by atoms with Crippen LogP contribution in [0.25, 0.3) is 0 Å². The van der Waals surface area contributed by atoms with Crippen LogP contribution >= 0.6 is 0 Å². The predicted octanol–water partition coefficient (Wildman–Crippen LogP) is 1.89. The molecule has 1 amide bonds. The lowest BCUT2D eigenvalue weighted by molar-refractivity contribution is 0.0292. The van der Waals surface area contributed by atoms with Crippen LogP contribution in [-0.2, 0) is 4.74 Å². The van der Waals surface area contributed by atoms with Gasteiger partial charge < -0.3 is 15.2 Å². The summed E-state index contributed by atoms with van der Waals surface area (Å²) in [6, 6.07) is 0.410. The normalized spacial score (nSPS) is 32.1. The maximum absolute atomic E-state index is 11.8. The molecule has 116 valence electrons. The topological polar surface area (TPSA) is 61.8 Å². The van der Waals surface area contributed by atoms with Crippen molar-refractivity contribution in [1.29, 1.82) is 0 Å². The summed E-state index contributed by atoms with van der Waals surface area (Å²) in [4.78, 5) is 14.1. The van der Waals surface area contributed by atoms with Gasteiger partial charge in [-0.3, -0.25) is 4.90 Å². The molecule has 1 aliphatic carbocycles. The van der Waals surface area contributed by atoms with Crippen LogP contribution < -0.4 is 5.32 Å². The minimum atomic E-state index is -0.456. The largest absolute Gasteiger partial charge is 0.444 e. The van der Waals surface area contributed by atoms with Crippen LogP contribution in [0.3, 0.4) is 0 Å². The van der Waals surface area contributed by atoms with Crippen LogP contribution in [0.1, 0.15) is 52.9 Å². The van der Waals surface area contributed by atoms with Gasteiger partial charge in [0.15, 0.2) is 0 Å². The minimum Gasteiger partial charge on any atom is -0.444 e. The predicted molar refractivity (Wildman–Crippen MR) is 77.6 cm³/mol. The molecule has 1 saturated heterocycles. The Kier molecular flexibility index (Phi) is 4.91. The molecular formula is C15H28N2O3. The molecule has 2 unspecified atom stereocenters. The Hall–Kier alpha value is -0.810. The van der Waals surface area contributed by atoms with Crippen molar-refractivity contribution in [2.75, 3.05) is 13.1 Å². The third-order valence-corrected chi connectivity index (χ3v) is 4.10. The smallest absolute Gasteiger partial charge is 0.407 e. The van der Waals surface area contributed by atoms with Gasteiger partial charge in [0.05, 0.1) is 6.10 Å². The van der Waals surface area contributed by atoms with Gasteiger partial charge in [0.1, 0.15) is 5.60 Å². The van der Waals surface area contributed by atoms with Crippen molar-refractivity contribution in [3.05, 3.63) is 0 Å². The molecule has 0 aromatic rings. The van der Waals surface area contributed by atoms with Crippen LogP contribution in [0, 0.1) is 0 Å². The molecule has 1 heterocycles. The van der Waals surface area contributed by atoms with Gasteiger partial charge in [0, 0.05) is 25.2 Å². The SMILES string of the molecule is CC(C)(C)OC(=O)N[C@@H]1CCN(C2CCCCC2O)C1. The minimum absolute atomic E-state index is 0.138. The number of amides is 1. The molecule has 1 aliphatic heterocycles. The van der Waals surface area contributed by atoms with Gasteiger partial charge in [0.2, 0.25) is 0 Å². The summed E-state index contributed by atoms with van der Waals surface area (Å²) in [6.07, 6.45) is 4.69. The van der Waals surface area contributed by atoms with E-state index in [4.69, 9.17) is 4.74 Å². The van der Waals surface area contributed by atoms with Crippen molar-refractivity contribution in [2.24, 2.45) is 0 Å². The number of hydrogen-bond donors (Lipinski definition) is 2. The van der Waals surface area contributed by atoms with Crippen LogP contribution in [-0.4, -0.2) is 53.0 Å². The van der Waals surface area contributed by atoms with Gasteiger partial charge in [-0.05, 0) is 40.0 Å². The molecule has 0 aromatic carbocycles. The standard InChI is InChI=1S/C15H28N2O3/c1-15(2,3)20-14(19)16-11-8-9-17(10-11)12-6-4-5-7-13(12)18/h11-13,18H,4-10H2,1-3H3,(H,16,19)/t11-,12?,13?/m1/s1. The molecule has 20 heavy (non-hydrogen) atoms. The Morgan fingerprint density at radius 3 is 2.60 bits per heavy atom. The highest BCUT2D eigenvalue weighted by Crippen LogP contribution is 2.26. The summed E-state index contributed by atoms with van der Waals surface area (Å²) < 4.78 is 5.28. The molecule has 0 spiro atoms. The molecule has 0 aromatic heterocycles. The number of nitrogens with one attached hydrogen (secondary N) is 1. The van der Waals surface area contributed by atoms with Gasteiger partial charge in [-0.15, -0.1) is 0 Å². The number of likely N-dealkylation sites (tertiary alicyclic amines) is 1. The summed E-state index contributed by atoms with van der Waals surface area (Å²) >= 11 is 0. The van der Waals surface area contributed by atoms with Crippen LogP contribution in [0.4, 0.5) is 4.79 Å². The molecule has 2 fully saturated rings. The number of carbonyl (C=O) groups is 1. The zero-order valence-electron chi connectivity index (χ0n) is 12.9. The van der Waals surface area contributed by atoms with Gasteiger partial charge in [-0.1, -0.05) is 12.8 Å². The molecular weight excluding hydrogens is 256 g/mol. The second-order valence-electron chi connectivity index (χ2n) is 7.05. The maximum Gasteiger partial charge on any atom is 0.407 e. The van der Waals surface area contributed by atoms with Gasteiger partial charge in [-0.2, -0.15) is 0 Å². The van der Waals surface area contributed by atoms with Gasteiger partial charge in [0.25, 0.3) is 0 Å². The average Bonchev–Trinajstić information content (AvgIpc) is 2.75. The molecule has 5 heteroatoms. The Bertz CT molecular complexity index is 341. The van der Waals surface area contributed by atoms with E-state index in [9.17, 15) is 9.90 Å². The third-order valence-electron chi connectivity index (χ3n) is 4.10. The van der Waals surface area contributed by atoms with E-state index >= 15 is 0 Å². The molecule has 3 atom stereocenters. The lowest BCUT2D eigenvalue weighted by atomic mass is 9.91. The fourth-order valence-corrected chi connectivity index (χ4v) is 3.20. The lowest BCUT2D eigenvalue weighted by Crippen LogP contribution is -2.46. The van der Waals surface area contributed by atoms with Crippen LogP contribution in [0.2, 0.25) is 0 Å². The second kappa shape index (κ2) is 6.31. The Labute approximate surface area is 121 Å². The quantitative estimate of drug-likeness (QED) is 0.813. The zero-order valence-corrected chi connectivity index (χ0v) is 12.9. The number of hydrogen-bond acceptors (Lipinski definition) is 4. The van der Waals surface area contributed by atoms with Crippen molar-refractivity contribution < 1.29 is 14.6 Å². The number of nitrogens with zero attached hydrogens (tertiary/aromatic N) is 1. The van der Waals surface area contributed by atoms with E-state index in [2.05, 4.69) is 10.2 Å². The van der Waals surface area contributed by atoms with E-state index in [0.717, 1.165) is 38.8 Å². The molecule has 0 bridgehead atoms.